The SMILES string of the molecule is O=C(CC(=O)c1cnn2ccccc12)c1cncs1. The number of rotatable bonds is 4. The van der Waals surface area contributed by atoms with E-state index < -0.39 is 0 Å². The van der Waals surface area contributed by atoms with E-state index in [9.17, 15) is 9.59 Å². The molecule has 0 aliphatic rings. The number of hydrogen-bond donors (Lipinski definition) is 0. The Bertz CT molecular complexity index is 746. The fourth-order valence-corrected chi connectivity index (χ4v) is 2.39. The number of thiazole rings is 1. The van der Waals surface area contributed by atoms with E-state index in [0.29, 0.717) is 16.0 Å². The maximum atomic E-state index is 12.1. The molecule has 5 nitrogen and oxygen atoms in total. The lowest BCUT2D eigenvalue weighted by Gasteiger charge is -1.97. The smallest absolute Gasteiger partial charge is 0.182 e. The third-order valence-electron chi connectivity index (χ3n) is 2.76. The standard InChI is InChI=1S/C13H9N3O2S/c17-11(5-12(18)13-7-14-8-19-13)9-6-15-16-4-2-1-3-10(9)16/h1-4,6-8H,5H2. The number of carbonyl (C=O) groups excluding carboxylic acids is 2. The normalized spacial score (nSPS) is 10.7. The Morgan fingerprint density at radius 2 is 2.11 bits per heavy atom. The number of fused-ring (bicyclic) bond motifs is 1. The van der Waals surface area contributed by atoms with Gasteiger partial charge in [-0.05, 0) is 12.1 Å². The van der Waals surface area contributed by atoms with E-state index >= 15 is 0 Å². The summed E-state index contributed by atoms with van der Waals surface area (Å²) in [5.74, 6) is -0.428. The van der Waals surface area contributed by atoms with E-state index in [1.54, 1.807) is 22.3 Å². The van der Waals surface area contributed by atoms with Crippen molar-refractivity contribution in [2.24, 2.45) is 0 Å². The molecule has 19 heavy (non-hydrogen) atoms. The average Bonchev–Trinajstić information content (AvgIpc) is 3.08. The summed E-state index contributed by atoms with van der Waals surface area (Å²) in [4.78, 5) is 28.3. The van der Waals surface area contributed by atoms with E-state index in [1.165, 1.54) is 23.7 Å². The van der Waals surface area contributed by atoms with Crippen LogP contribution in [-0.4, -0.2) is 26.2 Å². The summed E-state index contributed by atoms with van der Waals surface area (Å²) >= 11 is 1.24. The third-order valence-corrected chi connectivity index (χ3v) is 3.57. The maximum Gasteiger partial charge on any atom is 0.182 e. The first-order valence-corrected chi connectivity index (χ1v) is 6.51. The Kier molecular flexibility index (Phi) is 2.92. The molecule has 0 saturated heterocycles. The van der Waals surface area contributed by atoms with Gasteiger partial charge < -0.3 is 0 Å². The maximum absolute atomic E-state index is 12.1. The first kappa shape index (κ1) is 11.7. The van der Waals surface area contributed by atoms with E-state index in [2.05, 4.69) is 10.1 Å². The summed E-state index contributed by atoms with van der Waals surface area (Å²) < 4.78 is 1.62. The molecule has 94 valence electrons. The van der Waals surface area contributed by atoms with Crippen LogP contribution in [0.5, 0.6) is 0 Å². The van der Waals surface area contributed by atoms with Gasteiger partial charge in [-0.3, -0.25) is 14.6 Å². The number of Topliss-reactive ketones (excluding diaryl/α,β-unsaturated/α-hetero) is 2. The molecule has 0 amide bonds. The van der Waals surface area contributed by atoms with Crippen LogP contribution < -0.4 is 0 Å². The first-order valence-electron chi connectivity index (χ1n) is 5.63. The van der Waals surface area contributed by atoms with Crippen LogP contribution in [-0.2, 0) is 0 Å². The monoisotopic (exact) mass is 271 g/mol. The van der Waals surface area contributed by atoms with Crippen LogP contribution in [0.2, 0.25) is 0 Å². The molecule has 0 aliphatic heterocycles. The summed E-state index contributed by atoms with van der Waals surface area (Å²) in [6, 6.07) is 5.47. The number of aromatic nitrogens is 3. The van der Waals surface area contributed by atoms with Gasteiger partial charge >= 0.3 is 0 Å². The highest BCUT2D eigenvalue weighted by Crippen LogP contribution is 2.15. The predicted octanol–water partition coefficient (Wildman–Crippen LogP) is 2.25. The van der Waals surface area contributed by atoms with Crippen molar-refractivity contribution in [1.29, 1.82) is 0 Å². The van der Waals surface area contributed by atoms with Crippen LogP contribution in [0.25, 0.3) is 5.52 Å². The molecule has 0 unspecified atom stereocenters. The Hall–Kier alpha value is -2.34. The molecule has 0 aliphatic carbocycles. The summed E-state index contributed by atoms with van der Waals surface area (Å²) in [7, 11) is 0. The molecule has 3 heterocycles. The second-order valence-electron chi connectivity index (χ2n) is 3.98. The fourth-order valence-electron chi connectivity index (χ4n) is 1.83. The Labute approximate surface area is 112 Å². The Balaban J connectivity index is 1.86. The highest BCUT2D eigenvalue weighted by Gasteiger charge is 2.18. The molecular formula is C13H9N3O2S. The van der Waals surface area contributed by atoms with Gasteiger partial charge in [0.25, 0.3) is 0 Å². The van der Waals surface area contributed by atoms with Gasteiger partial charge in [0.15, 0.2) is 11.6 Å². The molecule has 0 bridgehead atoms. The highest BCUT2D eigenvalue weighted by molar-refractivity contribution is 7.11. The zero-order valence-electron chi connectivity index (χ0n) is 9.81. The number of ketones is 2. The molecule has 0 fully saturated rings. The van der Waals surface area contributed by atoms with Gasteiger partial charge in [0.2, 0.25) is 0 Å². The van der Waals surface area contributed by atoms with Crippen LogP contribution in [0.3, 0.4) is 0 Å². The van der Waals surface area contributed by atoms with Crippen molar-refractivity contribution in [2.45, 2.75) is 6.42 Å². The topological polar surface area (TPSA) is 64.3 Å². The van der Waals surface area contributed by atoms with E-state index in [4.69, 9.17) is 0 Å². The molecule has 3 aromatic heterocycles. The lowest BCUT2D eigenvalue weighted by Crippen LogP contribution is -2.07. The second kappa shape index (κ2) is 4.74. The van der Waals surface area contributed by atoms with E-state index in [-0.39, 0.29) is 18.0 Å². The van der Waals surface area contributed by atoms with Gasteiger partial charge in [0.1, 0.15) is 0 Å². The van der Waals surface area contributed by atoms with Crippen molar-refractivity contribution >= 4 is 28.4 Å². The van der Waals surface area contributed by atoms with Crippen LogP contribution in [0.1, 0.15) is 26.5 Å². The average molecular weight is 271 g/mol. The summed E-state index contributed by atoms with van der Waals surface area (Å²) in [6.07, 6.45) is 4.59. The van der Waals surface area contributed by atoms with Gasteiger partial charge in [-0.15, -0.1) is 11.3 Å². The minimum Gasteiger partial charge on any atom is -0.294 e. The van der Waals surface area contributed by atoms with Crippen molar-refractivity contribution in [3.05, 3.63) is 52.7 Å². The van der Waals surface area contributed by atoms with Crippen molar-refractivity contribution in [1.82, 2.24) is 14.6 Å². The van der Waals surface area contributed by atoms with Crippen LogP contribution in [0.4, 0.5) is 0 Å². The van der Waals surface area contributed by atoms with Crippen LogP contribution in [0.15, 0.2) is 42.3 Å². The molecule has 0 N–H and O–H groups in total. The van der Waals surface area contributed by atoms with Crippen molar-refractivity contribution in [2.75, 3.05) is 0 Å². The van der Waals surface area contributed by atoms with Gasteiger partial charge in [-0.2, -0.15) is 5.10 Å². The summed E-state index contributed by atoms with van der Waals surface area (Å²) in [5, 5.41) is 4.08. The minimum atomic E-state index is -0.223. The zero-order chi connectivity index (χ0) is 13.2. The molecule has 6 heteroatoms. The van der Waals surface area contributed by atoms with Crippen LogP contribution in [0, 0.1) is 0 Å². The quantitative estimate of drug-likeness (QED) is 0.539. The summed E-state index contributed by atoms with van der Waals surface area (Å²) in [6.45, 7) is 0. The number of pyridine rings is 1. The molecule has 0 aromatic carbocycles. The number of hydrogen-bond acceptors (Lipinski definition) is 5. The lowest BCUT2D eigenvalue weighted by atomic mass is 10.1. The van der Waals surface area contributed by atoms with Gasteiger partial charge in [-0.1, -0.05) is 6.07 Å². The molecule has 3 aromatic rings. The van der Waals surface area contributed by atoms with Crippen molar-refractivity contribution in [3.63, 3.8) is 0 Å². The molecule has 0 atom stereocenters. The molecule has 0 spiro atoms. The zero-order valence-corrected chi connectivity index (χ0v) is 10.6. The highest BCUT2D eigenvalue weighted by atomic mass is 32.1. The van der Waals surface area contributed by atoms with E-state index in [0.717, 1.165) is 0 Å². The fraction of sp³-hybridized carbons (Fsp3) is 0.0769. The van der Waals surface area contributed by atoms with Crippen LogP contribution >= 0.6 is 11.3 Å². The van der Waals surface area contributed by atoms with Gasteiger partial charge in [-0.25, -0.2) is 4.52 Å². The van der Waals surface area contributed by atoms with Crippen molar-refractivity contribution in [3.8, 4) is 0 Å². The lowest BCUT2D eigenvalue weighted by molar-refractivity contribution is 0.0897. The third kappa shape index (κ3) is 2.17. The van der Waals surface area contributed by atoms with Crippen molar-refractivity contribution < 1.29 is 9.59 Å². The first-order chi connectivity index (χ1) is 9.25. The number of carbonyl (C=O) groups is 2. The molecule has 3 rings (SSSR count). The molecular weight excluding hydrogens is 262 g/mol. The molecule has 0 saturated carbocycles. The second-order valence-corrected chi connectivity index (χ2v) is 4.86. The minimum absolute atomic E-state index is 0.154. The van der Waals surface area contributed by atoms with Gasteiger partial charge in [0.05, 0.1) is 34.1 Å². The summed E-state index contributed by atoms with van der Waals surface area (Å²) in [5.41, 5.74) is 2.76. The Morgan fingerprint density at radius 3 is 2.89 bits per heavy atom. The predicted molar refractivity (Wildman–Crippen MR) is 70.6 cm³/mol. The van der Waals surface area contributed by atoms with E-state index in [1.807, 2.05) is 12.1 Å². The number of nitrogens with zero attached hydrogens (tertiary/aromatic N) is 3. The largest absolute Gasteiger partial charge is 0.294 e. The van der Waals surface area contributed by atoms with Gasteiger partial charge in [0, 0.05) is 12.4 Å². The Morgan fingerprint density at radius 1 is 1.21 bits per heavy atom. The molecule has 0 radical (unpaired) electrons.